The number of carbonyl (C=O) groups is 1. The SMILES string of the molecule is CC(C)(C)C1CN(C(=O)c2ncc[nH]2)C1. The van der Waals surface area contributed by atoms with Crippen molar-refractivity contribution < 1.29 is 4.79 Å². The van der Waals surface area contributed by atoms with E-state index in [1.165, 1.54) is 0 Å². The van der Waals surface area contributed by atoms with Crippen molar-refractivity contribution in [3.05, 3.63) is 18.2 Å². The molecule has 1 saturated heterocycles. The van der Waals surface area contributed by atoms with E-state index < -0.39 is 0 Å². The van der Waals surface area contributed by atoms with E-state index in [0.29, 0.717) is 17.2 Å². The van der Waals surface area contributed by atoms with E-state index in [1.807, 2.05) is 4.90 Å². The van der Waals surface area contributed by atoms with Gasteiger partial charge in [-0.2, -0.15) is 0 Å². The molecule has 4 heteroatoms. The molecule has 0 aromatic carbocycles. The summed E-state index contributed by atoms with van der Waals surface area (Å²) < 4.78 is 0. The molecular weight excluding hydrogens is 190 g/mol. The van der Waals surface area contributed by atoms with Crippen molar-refractivity contribution in [2.75, 3.05) is 13.1 Å². The standard InChI is InChI=1S/C11H17N3O/c1-11(2,3)8-6-14(7-8)10(15)9-12-4-5-13-9/h4-5,8H,6-7H2,1-3H3,(H,12,13). The third kappa shape index (κ3) is 1.89. The lowest BCUT2D eigenvalue weighted by molar-refractivity contribution is 0.0201. The largest absolute Gasteiger partial charge is 0.341 e. The molecule has 0 saturated carbocycles. The minimum atomic E-state index is 0.0144. The smallest absolute Gasteiger partial charge is 0.289 e. The van der Waals surface area contributed by atoms with E-state index in [-0.39, 0.29) is 5.91 Å². The predicted octanol–water partition coefficient (Wildman–Crippen LogP) is 1.53. The Morgan fingerprint density at radius 3 is 2.67 bits per heavy atom. The Labute approximate surface area is 89.7 Å². The first kappa shape index (κ1) is 10.2. The molecule has 0 bridgehead atoms. The highest BCUT2D eigenvalue weighted by Crippen LogP contribution is 2.33. The number of amides is 1. The van der Waals surface area contributed by atoms with Gasteiger partial charge in [-0.05, 0) is 11.3 Å². The summed E-state index contributed by atoms with van der Waals surface area (Å²) in [7, 11) is 0. The number of carbonyl (C=O) groups excluding carboxylic acids is 1. The lowest BCUT2D eigenvalue weighted by Crippen LogP contribution is -2.54. The van der Waals surface area contributed by atoms with Crippen molar-refractivity contribution in [1.82, 2.24) is 14.9 Å². The summed E-state index contributed by atoms with van der Waals surface area (Å²) in [5.41, 5.74) is 0.292. The fourth-order valence-corrected chi connectivity index (χ4v) is 1.72. The van der Waals surface area contributed by atoms with Gasteiger partial charge in [0.05, 0.1) is 0 Å². The minimum absolute atomic E-state index is 0.0144. The van der Waals surface area contributed by atoms with Gasteiger partial charge in [0.1, 0.15) is 0 Å². The normalized spacial score (nSPS) is 17.7. The highest BCUT2D eigenvalue weighted by atomic mass is 16.2. The van der Waals surface area contributed by atoms with Crippen LogP contribution in [0.15, 0.2) is 12.4 Å². The van der Waals surface area contributed by atoms with Crippen LogP contribution in [-0.2, 0) is 0 Å². The maximum atomic E-state index is 11.8. The molecular formula is C11H17N3O. The Morgan fingerprint density at radius 1 is 1.53 bits per heavy atom. The van der Waals surface area contributed by atoms with Crippen LogP contribution < -0.4 is 0 Å². The van der Waals surface area contributed by atoms with E-state index in [2.05, 4.69) is 30.7 Å². The number of hydrogen-bond donors (Lipinski definition) is 1. The number of H-pyrrole nitrogens is 1. The number of nitrogens with one attached hydrogen (secondary N) is 1. The third-order valence-corrected chi connectivity index (χ3v) is 3.09. The molecule has 1 aromatic rings. The van der Waals surface area contributed by atoms with Gasteiger partial charge in [-0.25, -0.2) is 4.98 Å². The van der Waals surface area contributed by atoms with E-state index in [1.54, 1.807) is 12.4 Å². The third-order valence-electron chi connectivity index (χ3n) is 3.09. The fourth-order valence-electron chi connectivity index (χ4n) is 1.72. The van der Waals surface area contributed by atoms with Crippen LogP contribution >= 0.6 is 0 Å². The van der Waals surface area contributed by atoms with Gasteiger partial charge >= 0.3 is 0 Å². The molecule has 82 valence electrons. The van der Waals surface area contributed by atoms with E-state index in [9.17, 15) is 4.79 Å². The molecule has 0 aliphatic carbocycles. The predicted molar refractivity (Wildman–Crippen MR) is 57.4 cm³/mol. The van der Waals surface area contributed by atoms with Crippen LogP contribution in [-0.4, -0.2) is 33.9 Å². The average Bonchev–Trinajstić information content (AvgIpc) is 2.48. The maximum absolute atomic E-state index is 11.8. The van der Waals surface area contributed by atoms with Gasteiger partial charge in [-0.15, -0.1) is 0 Å². The Bertz CT molecular complexity index is 344. The van der Waals surface area contributed by atoms with Crippen LogP contribution in [0, 0.1) is 11.3 Å². The molecule has 4 nitrogen and oxygen atoms in total. The number of rotatable bonds is 1. The monoisotopic (exact) mass is 207 g/mol. The van der Waals surface area contributed by atoms with Crippen molar-refractivity contribution in [1.29, 1.82) is 0 Å². The quantitative estimate of drug-likeness (QED) is 0.759. The topological polar surface area (TPSA) is 49.0 Å². The second kappa shape index (κ2) is 3.36. The van der Waals surface area contributed by atoms with E-state index in [0.717, 1.165) is 13.1 Å². The van der Waals surface area contributed by atoms with E-state index in [4.69, 9.17) is 0 Å². The fraction of sp³-hybridized carbons (Fsp3) is 0.636. The van der Waals surface area contributed by atoms with Crippen LogP contribution in [0.5, 0.6) is 0 Å². The first-order chi connectivity index (χ1) is 6.98. The Morgan fingerprint density at radius 2 is 2.20 bits per heavy atom. The molecule has 1 fully saturated rings. The van der Waals surface area contributed by atoms with Crippen molar-refractivity contribution in [2.45, 2.75) is 20.8 Å². The zero-order valence-corrected chi connectivity index (χ0v) is 9.45. The number of nitrogens with zero attached hydrogens (tertiary/aromatic N) is 2. The molecule has 0 atom stereocenters. The van der Waals surface area contributed by atoms with Crippen molar-refractivity contribution in [3.8, 4) is 0 Å². The second-order valence-corrected chi connectivity index (χ2v) is 5.21. The van der Waals surface area contributed by atoms with E-state index >= 15 is 0 Å². The maximum Gasteiger partial charge on any atom is 0.289 e. The first-order valence-electron chi connectivity index (χ1n) is 5.27. The van der Waals surface area contributed by atoms with Gasteiger partial charge in [0.25, 0.3) is 5.91 Å². The lowest BCUT2D eigenvalue weighted by Gasteiger charge is -2.45. The van der Waals surface area contributed by atoms with Crippen LogP contribution in [0.4, 0.5) is 0 Å². The summed E-state index contributed by atoms with van der Waals surface area (Å²) in [4.78, 5) is 20.4. The zero-order chi connectivity index (χ0) is 11.1. The number of aromatic nitrogens is 2. The van der Waals surface area contributed by atoms with Gasteiger partial charge in [-0.1, -0.05) is 20.8 Å². The highest BCUT2D eigenvalue weighted by Gasteiger charge is 2.38. The second-order valence-electron chi connectivity index (χ2n) is 5.21. The molecule has 1 N–H and O–H groups in total. The molecule has 0 radical (unpaired) electrons. The Kier molecular flexibility index (Phi) is 2.29. The van der Waals surface area contributed by atoms with Gasteiger partial charge in [0.2, 0.25) is 0 Å². The van der Waals surface area contributed by atoms with Gasteiger partial charge in [0.15, 0.2) is 5.82 Å². The molecule has 0 spiro atoms. The van der Waals surface area contributed by atoms with Gasteiger partial charge < -0.3 is 9.88 Å². The van der Waals surface area contributed by atoms with Crippen molar-refractivity contribution in [2.24, 2.45) is 11.3 Å². The summed E-state index contributed by atoms with van der Waals surface area (Å²) in [5.74, 6) is 1.07. The number of likely N-dealkylation sites (tertiary alicyclic amines) is 1. The average molecular weight is 207 g/mol. The Balaban J connectivity index is 1.93. The molecule has 1 aliphatic rings. The summed E-state index contributed by atoms with van der Waals surface area (Å²) in [6.07, 6.45) is 3.28. The molecule has 2 heterocycles. The Hall–Kier alpha value is -1.32. The van der Waals surface area contributed by atoms with Crippen molar-refractivity contribution in [3.63, 3.8) is 0 Å². The van der Waals surface area contributed by atoms with Gasteiger partial charge in [-0.3, -0.25) is 4.79 Å². The number of hydrogen-bond acceptors (Lipinski definition) is 2. The molecule has 1 aliphatic heterocycles. The molecule has 15 heavy (non-hydrogen) atoms. The van der Waals surface area contributed by atoms with Crippen molar-refractivity contribution >= 4 is 5.91 Å². The highest BCUT2D eigenvalue weighted by molar-refractivity contribution is 5.91. The van der Waals surface area contributed by atoms with Crippen LogP contribution in [0.1, 0.15) is 31.4 Å². The van der Waals surface area contributed by atoms with Crippen LogP contribution in [0.25, 0.3) is 0 Å². The van der Waals surface area contributed by atoms with Gasteiger partial charge in [0, 0.05) is 25.5 Å². The lowest BCUT2D eigenvalue weighted by atomic mass is 9.76. The summed E-state index contributed by atoms with van der Waals surface area (Å²) in [5, 5.41) is 0. The summed E-state index contributed by atoms with van der Waals surface area (Å²) in [6, 6.07) is 0. The summed E-state index contributed by atoms with van der Waals surface area (Å²) in [6.45, 7) is 8.34. The molecule has 2 rings (SSSR count). The number of imidazole rings is 1. The molecule has 1 aromatic heterocycles. The molecule has 0 unspecified atom stereocenters. The zero-order valence-electron chi connectivity index (χ0n) is 9.45. The summed E-state index contributed by atoms with van der Waals surface area (Å²) >= 11 is 0. The first-order valence-corrected chi connectivity index (χ1v) is 5.27. The minimum Gasteiger partial charge on any atom is -0.341 e. The van der Waals surface area contributed by atoms with Crippen LogP contribution in [0.3, 0.4) is 0 Å². The molecule has 1 amide bonds. The number of aromatic amines is 1. The van der Waals surface area contributed by atoms with Crippen LogP contribution in [0.2, 0.25) is 0 Å².